The predicted octanol–water partition coefficient (Wildman–Crippen LogP) is 4.52. The number of carbonyl (C=O) groups is 2. The molecule has 0 aliphatic carbocycles. The number of carbonyl (C=O) groups excluding carboxylic acids is 2. The molecular weight excluding hydrogens is 432 g/mol. The highest BCUT2D eigenvalue weighted by Crippen LogP contribution is 2.27. The fraction of sp³-hybridized carbons (Fsp3) is 0.0870. The van der Waals surface area contributed by atoms with Gasteiger partial charge in [-0.05, 0) is 23.3 Å². The Hall–Kier alpha value is -3.25. The van der Waals surface area contributed by atoms with E-state index in [1.807, 2.05) is 42.5 Å². The number of halogens is 1. The second-order valence-corrected chi connectivity index (χ2v) is 7.14. The molecule has 0 bridgehead atoms. The van der Waals surface area contributed by atoms with E-state index in [-0.39, 0.29) is 11.7 Å². The second-order valence-electron chi connectivity index (χ2n) is 6.23. The van der Waals surface area contributed by atoms with E-state index in [2.05, 4.69) is 31.2 Å². The molecule has 3 aromatic carbocycles. The second kappa shape index (κ2) is 9.80. The number of nitrogens with one attached hydrogen (secondary N) is 1. The summed E-state index contributed by atoms with van der Waals surface area (Å²) in [4.78, 5) is 30.0. The number of amides is 1. The number of hydrogen-bond acceptors (Lipinski definition) is 4. The lowest BCUT2D eigenvalue weighted by molar-refractivity contribution is -0.120. The summed E-state index contributed by atoms with van der Waals surface area (Å²) < 4.78 is 0.921. The van der Waals surface area contributed by atoms with Gasteiger partial charge in [0.05, 0.1) is 5.92 Å². The average molecular weight is 451 g/mol. The summed E-state index contributed by atoms with van der Waals surface area (Å²) >= 11 is 3.41. The molecule has 0 spiro atoms. The Bertz CT molecular complexity index is 1000. The minimum Gasteiger partial charge on any atom is -0.398 e. The van der Waals surface area contributed by atoms with Crippen LogP contribution in [0.5, 0.6) is 0 Å². The van der Waals surface area contributed by atoms with Gasteiger partial charge < -0.3 is 10.2 Å². The molecule has 3 aromatic rings. The number of ketones is 1. The Balaban J connectivity index is 1.91. The van der Waals surface area contributed by atoms with Gasteiger partial charge in [0, 0.05) is 15.6 Å². The lowest BCUT2D eigenvalue weighted by atomic mass is 9.89. The van der Waals surface area contributed by atoms with Gasteiger partial charge in [-0.25, -0.2) is 0 Å². The zero-order valence-corrected chi connectivity index (χ0v) is 17.3. The summed E-state index contributed by atoms with van der Waals surface area (Å²) in [6.45, 7) is 0. The lowest BCUT2D eigenvalue weighted by Crippen LogP contribution is -2.29. The monoisotopic (exact) mass is 450 g/mol. The molecule has 0 heterocycles. The Morgan fingerprint density at radius 3 is 2.03 bits per heavy atom. The lowest BCUT2D eigenvalue weighted by Gasteiger charge is -2.17. The average Bonchev–Trinajstić information content (AvgIpc) is 2.76. The molecule has 1 atom stereocenters. The van der Waals surface area contributed by atoms with Crippen molar-refractivity contribution in [3.8, 4) is 0 Å². The summed E-state index contributed by atoms with van der Waals surface area (Å²) in [7, 11) is 1.40. The molecule has 146 valence electrons. The molecule has 6 heteroatoms. The van der Waals surface area contributed by atoms with Crippen LogP contribution in [0.15, 0.2) is 88.5 Å². The third kappa shape index (κ3) is 5.18. The summed E-state index contributed by atoms with van der Waals surface area (Å²) in [6, 6.07) is 23.7. The van der Waals surface area contributed by atoms with Crippen molar-refractivity contribution in [1.82, 2.24) is 5.32 Å². The molecular formula is C23H19BrN2O3. The number of hydrogen-bond donors (Lipinski definition) is 1. The van der Waals surface area contributed by atoms with Crippen LogP contribution in [0, 0.1) is 0 Å². The predicted molar refractivity (Wildman–Crippen MR) is 116 cm³/mol. The molecule has 0 saturated heterocycles. The highest BCUT2D eigenvalue weighted by molar-refractivity contribution is 9.10. The van der Waals surface area contributed by atoms with Gasteiger partial charge in [-0.15, -0.1) is 0 Å². The van der Waals surface area contributed by atoms with Gasteiger partial charge in [0.1, 0.15) is 13.4 Å². The van der Waals surface area contributed by atoms with Crippen molar-refractivity contribution in [1.29, 1.82) is 0 Å². The van der Waals surface area contributed by atoms with Gasteiger partial charge in [0.15, 0.2) is 5.78 Å². The van der Waals surface area contributed by atoms with E-state index in [0.717, 1.165) is 15.6 Å². The summed E-state index contributed by atoms with van der Waals surface area (Å²) in [6.07, 6.45) is 1.21. The molecule has 29 heavy (non-hydrogen) atoms. The van der Waals surface area contributed by atoms with Gasteiger partial charge in [0.2, 0.25) is 5.91 Å². The van der Waals surface area contributed by atoms with Crippen LogP contribution in [-0.4, -0.2) is 25.1 Å². The van der Waals surface area contributed by atoms with E-state index in [0.29, 0.717) is 11.1 Å². The van der Waals surface area contributed by atoms with Crippen LogP contribution in [0.1, 0.15) is 33.0 Å². The van der Waals surface area contributed by atoms with E-state index in [4.69, 9.17) is 0 Å². The largest absolute Gasteiger partial charge is 0.398 e. The van der Waals surface area contributed by atoms with Crippen LogP contribution in [0.4, 0.5) is 0 Å². The Labute approximate surface area is 177 Å². The van der Waals surface area contributed by atoms with Crippen molar-refractivity contribution in [3.63, 3.8) is 0 Å². The first kappa shape index (κ1) is 20.5. The van der Waals surface area contributed by atoms with Gasteiger partial charge in [-0.2, -0.15) is 0 Å². The molecule has 0 fully saturated rings. The first-order valence-corrected chi connectivity index (χ1v) is 9.70. The third-order valence-corrected chi connectivity index (χ3v) is 4.90. The number of nitrogens with zero attached hydrogens (tertiary/aromatic N) is 1. The summed E-state index contributed by atoms with van der Waals surface area (Å²) in [5.41, 5.74) is 2.77. The van der Waals surface area contributed by atoms with Crippen LogP contribution in [0.3, 0.4) is 0 Å². The van der Waals surface area contributed by atoms with Crippen LogP contribution < -0.4 is 5.32 Å². The summed E-state index contributed by atoms with van der Waals surface area (Å²) in [5.74, 6) is -0.878. The smallest absolute Gasteiger partial charge is 0.237 e. The maximum atomic E-state index is 12.8. The SMILES string of the molecule is CO/N=C\NC(=O)C(c1ccc(Br)cc1)c1ccc(C(=O)c2ccccc2)cc1. The molecule has 3 rings (SSSR count). The topological polar surface area (TPSA) is 67.8 Å². The normalized spacial score (nSPS) is 11.8. The molecule has 1 N–H and O–H groups in total. The summed E-state index contributed by atoms with van der Waals surface area (Å²) in [5, 5.41) is 6.18. The Kier molecular flexibility index (Phi) is 6.92. The third-order valence-electron chi connectivity index (χ3n) is 4.37. The maximum absolute atomic E-state index is 12.8. The van der Waals surface area contributed by atoms with Gasteiger partial charge in [-0.3, -0.25) is 9.59 Å². The van der Waals surface area contributed by atoms with E-state index >= 15 is 0 Å². The first-order valence-electron chi connectivity index (χ1n) is 8.90. The molecule has 1 unspecified atom stereocenters. The van der Waals surface area contributed by atoms with Gasteiger partial charge in [0.25, 0.3) is 0 Å². The van der Waals surface area contributed by atoms with Crippen LogP contribution in [-0.2, 0) is 9.63 Å². The van der Waals surface area contributed by atoms with E-state index in [1.165, 1.54) is 13.4 Å². The molecule has 0 radical (unpaired) electrons. The van der Waals surface area contributed by atoms with E-state index in [9.17, 15) is 9.59 Å². The zero-order valence-electron chi connectivity index (χ0n) is 15.7. The van der Waals surface area contributed by atoms with Crippen molar-refractivity contribution in [2.24, 2.45) is 5.16 Å². The molecule has 0 aliphatic rings. The van der Waals surface area contributed by atoms with Crippen LogP contribution in [0.2, 0.25) is 0 Å². The molecule has 0 aromatic heterocycles. The van der Waals surface area contributed by atoms with Gasteiger partial charge in [-0.1, -0.05) is 87.8 Å². The highest BCUT2D eigenvalue weighted by atomic mass is 79.9. The standard InChI is InChI=1S/C23H19BrN2O3/c1-29-26-15-25-23(28)21(17-11-13-20(24)14-12-17)16-7-9-19(10-8-16)22(27)18-5-3-2-4-6-18/h2-15,21H,1H3,(H,25,26,28). The Morgan fingerprint density at radius 2 is 1.45 bits per heavy atom. The molecule has 5 nitrogen and oxygen atoms in total. The zero-order chi connectivity index (χ0) is 20.6. The van der Waals surface area contributed by atoms with Crippen molar-refractivity contribution in [3.05, 3.63) is 106 Å². The van der Waals surface area contributed by atoms with Crippen LogP contribution in [0.25, 0.3) is 0 Å². The fourth-order valence-electron chi connectivity index (χ4n) is 2.96. The maximum Gasteiger partial charge on any atom is 0.237 e. The highest BCUT2D eigenvalue weighted by Gasteiger charge is 2.23. The Morgan fingerprint density at radius 1 is 0.897 bits per heavy atom. The van der Waals surface area contributed by atoms with Crippen molar-refractivity contribution in [2.45, 2.75) is 5.92 Å². The van der Waals surface area contributed by atoms with Gasteiger partial charge >= 0.3 is 0 Å². The van der Waals surface area contributed by atoms with E-state index < -0.39 is 5.92 Å². The molecule has 1 amide bonds. The fourth-order valence-corrected chi connectivity index (χ4v) is 3.22. The minimum atomic E-state index is -0.563. The van der Waals surface area contributed by atoms with Crippen molar-refractivity contribution >= 4 is 34.0 Å². The van der Waals surface area contributed by atoms with Crippen molar-refractivity contribution < 1.29 is 14.4 Å². The van der Waals surface area contributed by atoms with E-state index in [1.54, 1.807) is 36.4 Å². The van der Waals surface area contributed by atoms with Crippen LogP contribution >= 0.6 is 15.9 Å². The number of oxime groups is 1. The molecule has 0 aliphatic heterocycles. The first-order chi connectivity index (χ1) is 14.1. The number of rotatable bonds is 7. The minimum absolute atomic E-state index is 0.0611. The number of benzene rings is 3. The van der Waals surface area contributed by atoms with Crippen molar-refractivity contribution in [2.75, 3.05) is 7.11 Å². The molecule has 0 saturated carbocycles. The quantitative estimate of drug-likeness (QED) is 0.249.